The number of ether oxygens (including phenoxy) is 1. The van der Waals surface area contributed by atoms with Crippen molar-refractivity contribution in [2.24, 2.45) is 0 Å². The molecule has 1 heterocycles. The zero-order valence-electron chi connectivity index (χ0n) is 18.5. The van der Waals surface area contributed by atoms with Crippen LogP contribution in [-0.4, -0.2) is 20.4 Å². The van der Waals surface area contributed by atoms with Crippen LogP contribution in [0.5, 0.6) is 5.75 Å². The fraction of sp³-hybridized carbons (Fsp3) is 0.360. The van der Waals surface area contributed by atoms with E-state index in [2.05, 4.69) is 0 Å². The molecule has 2 aromatic carbocycles. The molecular weight excluding hydrogens is 411 g/mol. The highest BCUT2D eigenvalue weighted by Gasteiger charge is 2.19. The van der Waals surface area contributed by atoms with E-state index in [1.54, 1.807) is 24.3 Å². The number of carboxylic acid groups (broad SMARTS) is 1. The summed E-state index contributed by atoms with van der Waals surface area (Å²) in [6.07, 6.45) is 2.52. The van der Waals surface area contributed by atoms with Crippen LogP contribution in [0.15, 0.2) is 53.3 Å². The van der Waals surface area contributed by atoms with Gasteiger partial charge in [0, 0.05) is 12.1 Å². The van der Waals surface area contributed by atoms with E-state index in [4.69, 9.17) is 9.84 Å². The Labute approximate surface area is 186 Å². The van der Waals surface area contributed by atoms with E-state index in [1.165, 1.54) is 9.13 Å². The largest absolute Gasteiger partial charge is 0.511 e. The van der Waals surface area contributed by atoms with Gasteiger partial charge in [0.05, 0.1) is 12.2 Å². The molecule has 0 aliphatic rings. The van der Waals surface area contributed by atoms with Crippen molar-refractivity contribution in [2.45, 2.75) is 59.0 Å². The Hall–Kier alpha value is -3.35. The highest BCUT2D eigenvalue weighted by molar-refractivity contribution is 5.74. The van der Waals surface area contributed by atoms with E-state index in [0.29, 0.717) is 24.2 Å². The summed E-state index contributed by atoms with van der Waals surface area (Å²) in [6.45, 7) is 4.71. The molecule has 3 aromatic rings. The molecule has 3 rings (SSSR count). The third-order valence-electron chi connectivity index (χ3n) is 5.46. The molecule has 1 N–H and O–H groups in total. The van der Waals surface area contributed by atoms with E-state index in [0.717, 1.165) is 36.8 Å². The molecule has 0 saturated carbocycles. The Morgan fingerprint density at radius 2 is 1.69 bits per heavy atom. The molecule has 1 aromatic heterocycles. The number of aromatic nitrogens is 2. The smallest absolute Gasteiger partial charge is 0.449 e. The maximum atomic E-state index is 15.0. The molecule has 6 nitrogen and oxygen atoms in total. The van der Waals surface area contributed by atoms with Crippen LogP contribution in [0.3, 0.4) is 0 Å². The van der Waals surface area contributed by atoms with E-state index in [9.17, 15) is 9.59 Å². The summed E-state index contributed by atoms with van der Waals surface area (Å²) in [7, 11) is 0. The lowest BCUT2D eigenvalue weighted by Crippen LogP contribution is -2.26. The third kappa shape index (κ3) is 5.28. The second kappa shape index (κ2) is 10.8. The van der Waals surface area contributed by atoms with E-state index >= 15 is 4.39 Å². The Bertz CT molecular complexity index is 1120. The van der Waals surface area contributed by atoms with Crippen molar-refractivity contribution in [3.63, 3.8) is 0 Å². The second-order valence-corrected chi connectivity index (χ2v) is 7.78. The number of benzene rings is 2. The minimum absolute atomic E-state index is 0.251. The van der Waals surface area contributed by atoms with Crippen molar-refractivity contribution in [1.82, 2.24) is 9.13 Å². The molecule has 0 fully saturated rings. The molecule has 7 heteroatoms. The Kier molecular flexibility index (Phi) is 7.87. The zero-order valence-corrected chi connectivity index (χ0v) is 18.5. The molecule has 0 spiro atoms. The molecular formula is C25H29FN2O4. The summed E-state index contributed by atoms with van der Waals surface area (Å²) >= 11 is 0. The summed E-state index contributed by atoms with van der Waals surface area (Å²) in [6, 6.07) is 14.3. The average Bonchev–Trinajstić information content (AvgIpc) is 3.00. The van der Waals surface area contributed by atoms with Crippen molar-refractivity contribution in [3.05, 3.63) is 76.2 Å². The minimum Gasteiger partial charge on any atom is -0.449 e. The van der Waals surface area contributed by atoms with E-state index in [1.807, 2.05) is 38.1 Å². The van der Waals surface area contributed by atoms with Gasteiger partial charge in [-0.2, -0.15) is 4.39 Å². The number of hydrogen-bond acceptors (Lipinski definition) is 3. The van der Waals surface area contributed by atoms with Gasteiger partial charge in [0.1, 0.15) is 5.75 Å². The first-order valence-corrected chi connectivity index (χ1v) is 11.0. The van der Waals surface area contributed by atoms with Gasteiger partial charge in [-0.3, -0.25) is 9.13 Å². The quantitative estimate of drug-likeness (QED) is 0.324. The van der Waals surface area contributed by atoms with Gasteiger partial charge in [-0.25, -0.2) is 9.59 Å². The summed E-state index contributed by atoms with van der Waals surface area (Å²) < 4.78 is 22.7. The van der Waals surface area contributed by atoms with Crippen molar-refractivity contribution < 1.29 is 19.0 Å². The predicted molar refractivity (Wildman–Crippen MR) is 122 cm³/mol. The zero-order chi connectivity index (χ0) is 23.1. The van der Waals surface area contributed by atoms with Gasteiger partial charge in [0.15, 0.2) is 0 Å². The van der Waals surface area contributed by atoms with Crippen molar-refractivity contribution in [2.75, 3.05) is 0 Å². The van der Waals surface area contributed by atoms with Crippen LogP contribution < -0.4 is 10.4 Å². The minimum atomic E-state index is -1.37. The SMILES string of the molecule is CCCCc1c(F)n(CCCC)c(=O)n1Cc1ccc(-c2ccccc2OC(=O)O)cc1. The molecule has 0 aliphatic heterocycles. The molecule has 0 bridgehead atoms. The average molecular weight is 441 g/mol. The number of rotatable bonds is 10. The first-order chi connectivity index (χ1) is 15.5. The molecule has 0 radical (unpaired) electrons. The van der Waals surface area contributed by atoms with Crippen LogP contribution in [0.2, 0.25) is 0 Å². The van der Waals surface area contributed by atoms with Gasteiger partial charge in [0.25, 0.3) is 0 Å². The highest BCUT2D eigenvalue weighted by atomic mass is 19.1. The van der Waals surface area contributed by atoms with E-state index < -0.39 is 12.1 Å². The standard InChI is InChI=1S/C25H29FN2O4/c1-3-5-10-21-23(26)27(16-6-4-2)24(29)28(21)17-18-12-14-19(15-13-18)20-9-7-8-11-22(20)32-25(30)31/h7-9,11-15H,3-6,10,16-17H2,1-2H3,(H,30,31). The number of hydrogen-bond donors (Lipinski definition) is 1. The number of imidazole rings is 1. The Morgan fingerprint density at radius 1 is 1.00 bits per heavy atom. The fourth-order valence-electron chi connectivity index (χ4n) is 3.73. The van der Waals surface area contributed by atoms with Gasteiger partial charge in [-0.05, 0) is 36.5 Å². The lowest BCUT2D eigenvalue weighted by Gasteiger charge is -2.10. The maximum absolute atomic E-state index is 15.0. The summed E-state index contributed by atoms with van der Waals surface area (Å²) in [5.41, 5.74) is 2.44. The Balaban J connectivity index is 1.90. The Morgan fingerprint density at radius 3 is 2.34 bits per heavy atom. The first-order valence-electron chi connectivity index (χ1n) is 11.0. The third-order valence-corrected chi connectivity index (χ3v) is 5.46. The molecule has 0 unspecified atom stereocenters. The summed E-state index contributed by atoms with van der Waals surface area (Å²) in [5.74, 6) is -0.172. The second-order valence-electron chi connectivity index (χ2n) is 7.78. The molecule has 170 valence electrons. The molecule has 0 saturated heterocycles. The molecule has 0 aliphatic carbocycles. The highest BCUT2D eigenvalue weighted by Crippen LogP contribution is 2.30. The van der Waals surface area contributed by atoms with Crippen LogP contribution in [0.1, 0.15) is 50.8 Å². The monoisotopic (exact) mass is 440 g/mol. The van der Waals surface area contributed by atoms with Crippen molar-refractivity contribution >= 4 is 6.16 Å². The van der Waals surface area contributed by atoms with Crippen LogP contribution in [-0.2, 0) is 19.5 Å². The van der Waals surface area contributed by atoms with Gasteiger partial charge >= 0.3 is 11.8 Å². The number of carbonyl (C=O) groups is 1. The van der Waals surface area contributed by atoms with Crippen LogP contribution in [0.25, 0.3) is 11.1 Å². The molecule has 32 heavy (non-hydrogen) atoms. The number of nitrogens with zero attached hydrogens (tertiary/aromatic N) is 2. The van der Waals surface area contributed by atoms with Crippen LogP contribution in [0, 0.1) is 5.95 Å². The van der Waals surface area contributed by atoms with Gasteiger partial charge in [-0.1, -0.05) is 69.2 Å². The lowest BCUT2D eigenvalue weighted by atomic mass is 10.0. The lowest BCUT2D eigenvalue weighted by molar-refractivity contribution is 0.144. The predicted octanol–water partition coefficient (Wildman–Crippen LogP) is 5.70. The molecule has 0 atom stereocenters. The number of halogens is 1. The number of para-hydroxylation sites is 1. The van der Waals surface area contributed by atoms with Gasteiger partial charge in [0.2, 0.25) is 5.95 Å². The van der Waals surface area contributed by atoms with Gasteiger partial charge < -0.3 is 9.84 Å². The first kappa shape index (κ1) is 23.3. The van der Waals surface area contributed by atoms with E-state index in [-0.39, 0.29) is 18.0 Å². The number of unbranched alkanes of at least 4 members (excludes halogenated alkanes) is 2. The van der Waals surface area contributed by atoms with Crippen LogP contribution >= 0.6 is 0 Å². The van der Waals surface area contributed by atoms with Crippen molar-refractivity contribution in [1.29, 1.82) is 0 Å². The summed E-state index contributed by atoms with van der Waals surface area (Å²) in [4.78, 5) is 23.9. The van der Waals surface area contributed by atoms with Crippen molar-refractivity contribution in [3.8, 4) is 16.9 Å². The normalized spacial score (nSPS) is 11.0. The van der Waals surface area contributed by atoms with Gasteiger partial charge in [-0.15, -0.1) is 0 Å². The molecule has 0 amide bonds. The van der Waals surface area contributed by atoms with Crippen LogP contribution in [0.4, 0.5) is 9.18 Å². The summed E-state index contributed by atoms with van der Waals surface area (Å²) in [5, 5.41) is 8.95. The fourth-order valence-corrected chi connectivity index (χ4v) is 3.73. The topological polar surface area (TPSA) is 73.5 Å². The maximum Gasteiger partial charge on any atom is 0.511 e.